The Morgan fingerprint density at radius 2 is 2.37 bits per heavy atom. The van der Waals surface area contributed by atoms with Crippen LogP contribution in [0.3, 0.4) is 0 Å². The zero-order chi connectivity index (χ0) is 13.8. The third-order valence-electron chi connectivity index (χ3n) is 3.52. The highest BCUT2D eigenvalue weighted by molar-refractivity contribution is 9.10. The maximum absolute atomic E-state index is 10.9. The van der Waals surface area contributed by atoms with Crippen LogP contribution in [0, 0.1) is 5.92 Å². The van der Waals surface area contributed by atoms with E-state index in [0.29, 0.717) is 11.5 Å². The van der Waals surface area contributed by atoms with E-state index < -0.39 is 5.97 Å². The lowest BCUT2D eigenvalue weighted by Crippen LogP contribution is -2.35. The lowest BCUT2D eigenvalue weighted by Gasteiger charge is -2.30. The average molecular weight is 327 g/mol. The molecule has 1 heterocycles. The molecule has 2 rings (SSSR count). The fourth-order valence-electron chi connectivity index (χ4n) is 2.49. The van der Waals surface area contributed by atoms with E-state index in [9.17, 15) is 4.79 Å². The minimum Gasteiger partial charge on any atom is -0.478 e. The summed E-state index contributed by atoms with van der Waals surface area (Å²) < 4.78 is 0.802. The molecule has 1 saturated heterocycles. The molecule has 1 aliphatic rings. The van der Waals surface area contributed by atoms with E-state index in [4.69, 9.17) is 5.11 Å². The van der Waals surface area contributed by atoms with Crippen molar-refractivity contribution < 1.29 is 9.90 Å². The van der Waals surface area contributed by atoms with E-state index in [2.05, 4.69) is 33.2 Å². The van der Waals surface area contributed by atoms with Crippen molar-refractivity contribution in [3.05, 3.63) is 28.2 Å². The Hall–Kier alpha value is -1.07. The highest BCUT2D eigenvalue weighted by atomic mass is 79.9. The van der Waals surface area contributed by atoms with Crippen LogP contribution in [0.4, 0.5) is 5.69 Å². The Labute approximate surface area is 121 Å². The van der Waals surface area contributed by atoms with Crippen LogP contribution in [0.1, 0.15) is 23.2 Å². The molecule has 0 bridgehead atoms. The van der Waals surface area contributed by atoms with Gasteiger partial charge in [-0.2, -0.15) is 0 Å². The predicted molar refractivity (Wildman–Crippen MR) is 79.8 cm³/mol. The van der Waals surface area contributed by atoms with E-state index in [1.807, 2.05) is 6.07 Å². The zero-order valence-corrected chi connectivity index (χ0v) is 12.6. The summed E-state index contributed by atoms with van der Waals surface area (Å²) in [4.78, 5) is 13.2. The number of benzene rings is 1. The number of carboxylic acid groups (broad SMARTS) is 1. The molecule has 5 heteroatoms. The van der Waals surface area contributed by atoms with Crippen LogP contribution in [0.5, 0.6) is 0 Å². The second-order valence-electron chi connectivity index (χ2n) is 5.15. The number of nitrogens with one attached hydrogen (secondary N) is 1. The highest BCUT2D eigenvalue weighted by Crippen LogP contribution is 2.25. The van der Waals surface area contributed by atoms with Crippen molar-refractivity contribution in [3.8, 4) is 0 Å². The van der Waals surface area contributed by atoms with E-state index in [1.165, 1.54) is 19.4 Å². The van der Waals surface area contributed by atoms with Crippen molar-refractivity contribution >= 4 is 27.6 Å². The number of carboxylic acids is 1. The van der Waals surface area contributed by atoms with Crippen molar-refractivity contribution in [1.29, 1.82) is 0 Å². The molecule has 1 atom stereocenters. The van der Waals surface area contributed by atoms with Gasteiger partial charge in [-0.3, -0.25) is 0 Å². The molecule has 19 heavy (non-hydrogen) atoms. The first-order valence-corrected chi connectivity index (χ1v) is 7.31. The topological polar surface area (TPSA) is 52.6 Å². The molecule has 0 amide bonds. The van der Waals surface area contributed by atoms with Crippen molar-refractivity contribution in [2.24, 2.45) is 5.92 Å². The standard InChI is InChI=1S/C14H19BrN2O2/c1-17-6-2-3-10(9-17)8-16-13-5-4-11(14(18)19)7-12(13)15/h4-5,7,10,16H,2-3,6,8-9H2,1H3,(H,18,19). The van der Waals surface area contributed by atoms with Gasteiger partial charge in [0.1, 0.15) is 0 Å². The molecule has 0 aromatic heterocycles. The molecule has 0 aliphatic carbocycles. The van der Waals surface area contributed by atoms with Gasteiger partial charge in [0, 0.05) is 23.2 Å². The van der Waals surface area contributed by atoms with Crippen LogP contribution in [-0.4, -0.2) is 42.7 Å². The molecule has 0 spiro atoms. The van der Waals surface area contributed by atoms with Gasteiger partial charge in [0.15, 0.2) is 0 Å². The smallest absolute Gasteiger partial charge is 0.335 e. The fraction of sp³-hybridized carbons (Fsp3) is 0.500. The van der Waals surface area contributed by atoms with Crippen LogP contribution < -0.4 is 5.32 Å². The zero-order valence-electron chi connectivity index (χ0n) is 11.0. The summed E-state index contributed by atoms with van der Waals surface area (Å²) in [6.45, 7) is 3.24. The van der Waals surface area contributed by atoms with Crippen molar-refractivity contribution in [2.45, 2.75) is 12.8 Å². The monoisotopic (exact) mass is 326 g/mol. The van der Waals surface area contributed by atoms with E-state index >= 15 is 0 Å². The first-order valence-electron chi connectivity index (χ1n) is 6.51. The number of hydrogen-bond donors (Lipinski definition) is 2. The second-order valence-corrected chi connectivity index (χ2v) is 6.01. The van der Waals surface area contributed by atoms with Gasteiger partial charge in [0.2, 0.25) is 0 Å². The summed E-state index contributed by atoms with van der Waals surface area (Å²) in [6.07, 6.45) is 2.50. The molecule has 1 aromatic rings. The Kier molecular flexibility index (Phi) is 4.82. The quantitative estimate of drug-likeness (QED) is 0.893. The number of anilines is 1. The number of aromatic carboxylic acids is 1. The Morgan fingerprint density at radius 1 is 1.58 bits per heavy atom. The van der Waals surface area contributed by atoms with Crippen LogP contribution >= 0.6 is 15.9 Å². The largest absolute Gasteiger partial charge is 0.478 e. The number of carbonyl (C=O) groups is 1. The predicted octanol–water partition coefficient (Wildman–Crippen LogP) is 2.90. The van der Waals surface area contributed by atoms with Crippen LogP contribution in [0.25, 0.3) is 0 Å². The minimum absolute atomic E-state index is 0.301. The number of rotatable bonds is 4. The molecule has 2 N–H and O–H groups in total. The molecule has 1 fully saturated rings. The van der Waals surface area contributed by atoms with Gasteiger partial charge in [-0.1, -0.05) is 0 Å². The molecule has 0 radical (unpaired) electrons. The molecular weight excluding hydrogens is 308 g/mol. The molecule has 1 aliphatic heterocycles. The summed E-state index contributed by atoms with van der Waals surface area (Å²) in [7, 11) is 2.16. The Morgan fingerprint density at radius 3 is 3.00 bits per heavy atom. The Bertz CT molecular complexity index is 465. The van der Waals surface area contributed by atoms with E-state index in [1.54, 1.807) is 12.1 Å². The number of hydrogen-bond acceptors (Lipinski definition) is 3. The van der Waals surface area contributed by atoms with Crippen molar-refractivity contribution in [1.82, 2.24) is 4.90 Å². The first kappa shape index (κ1) is 14.3. The van der Waals surface area contributed by atoms with Gasteiger partial charge >= 0.3 is 5.97 Å². The SMILES string of the molecule is CN1CCCC(CNc2ccc(C(=O)O)cc2Br)C1. The van der Waals surface area contributed by atoms with Crippen molar-refractivity contribution in [2.75, 3.05) is 32.0 Å². The van der Waals surface area contributed by atoms with Gasteiger partial charge in [-0.25, -0.2) is 4.79 Å². The summed E-state index contributed by atoms with van der Waals surface area (Å²) in [5, 5.41) is 12.3. The summed E-state index contributed by atoms with van der Waals surface area (Å²) in [6, 6.07) is 5.08. The second kappa shape index (κ2) is 6.39. The van der Waals surface area contributed by atoms with Crippen LogP contribution in [0.15, 0.2) is 22.7 Å². The van der Waals surface area contributed by atoms with Gasteiger partial charge < -0.3 is 15.3 Å². The van der Waals surface area contributed by atoms with Gasteiger partial charge in [0.25, 0.3) is 0 Å². The summed E-state index contributed by atoms with van der Waals surface area (Å²) in [5.74, 6) is -0.244. The van der Waals surface area contributed by atoms with Gasteiger partial charge in [0.05, 0.1) is 5.56 Å². The maximum atomic E-state index is 10.9. The van der Waals surface area contributed by atoms with Gasteiger partial charge in [-0.05, 0) is 66.5 Å². The average Bonchev–Trinajstić information content (AvgIpc) is 2.37. The third kappa shape index (κ3) is 3.94. The molecule has 4 nitrogen and oxygen atoms in total. The summed E-state index contributed by atoms with van der Waals surface area (Å²) in [5.41, 5.74) is 1.26. The Balaban J connectivity index is 1.94. The minimum atomic E-state index is -0.902. The number of nitrogens with zero attached hydrogens (tertiary/aromatic N) is 1. The van der Waals surface area contributed by atoms with Crippen molar-refractivity contribution in [3.63, 3.8) is 0 Å². The number of piperidine rings is 1. The summed E-state index contributed by atoms with van der Waals surface area (Å²) >= 11 is 3.42. The third-order valence-corrected chi connectivity index (χ3v) is 4.18. The normalized spacial score (nSPS) is 20.2. The molecule has 1 aromatic carbocycles. The molecule has 0 saturated carbocycles. The lowest BCUT2D eigenvalue weighted by atomic mass is 9.98. The van der Waals surface area contributed by atoms with E-state index in [-0.39, 0.29) is 0 Å². The highest BCUT2D eigenvalue weighted by Gasteiger charge is 2.17. The van der Waals surface area contributed by atoms with Gasteiger partial charge in [-0.15, -0.1) is 0 Å². The number of likely N-dealkylation sites (tertiary alicyclic amines) is 1. The fourth-order valence-corrected chi connectivity index (χ4v) is 3.00. The molecular formula is C14H19BrN2O2. The first-order chi connectivity index (χ1) is 9.06. The lowest BCUT2D eigenvalue weighted by molar-refractivity contribution is 0.0697. The maximum Gasteiger partial charge on any atom is 0.335 e. The number of halogens is 1. The molecule has 1 unspecified atom stereocenters. The molecule has 104 valence electrons. The van der Waals surface area contributed by atoms with Crippen LogP contribution in [-0.2, 0) is 0 Å². The van der Waals surface area contributed by atoms with E-state index in [0.717, 1.165) is 23.2 Å². The van der Waals surface area contributed by atoms with Crippen LogP contribution in [0.2, 0.25) is 0 Å².